The number of benzene rings is 1. The smallest absolute Gasteiger partial charge is 0.233 e. The summed E-state index contributed by atoms with van der Waals surface area (Å²) in [6.45, 7) is 3.97. The van der Waals surface area contributed by atoms with Crippen LogP contribution in [0.25, 0.3) is 0 Å². The van der Waals surface area contributed by atoms with Crippen LogP contribution in [0, 0.1) is 0 Å². The lowest BCUT2D eigenvalue weighted by molar-refractivity contribution is -0.132. The van der Waals surface area contributed by atoms with E-state index in [1.54, 1.807) is 0 Å². The summed E-state index contributed by atoms with van der Waals surface area (Å²) < 4.78 is 7.50. The van der Waals surface area contributed by atoms with Crippen molar-refractivity contribution in [3.63, 3.8) is 0 Å². The molecule has 0 saturated carbocycles. The average Bonchev–Trinajstić information content (AvgIpc) is 3.23. The Labute approximate surface area is 169 Å². The molecule has 3 heterocycles. The van der Waals surface area contributed by atoms with Crippen LogP contribution in [0.4, 0.5) is 0 Å². The van der Waals surface area contributed by atoms with Gasteiger partial charge in [-0.3, -0.25) is 9.59 Å². The molecular formula is C21H25N3O3S. The maximum atomic E-state index is 13.0. The molecule has 28 heavy (non-hydrogen) atoms. The van der Waals surface area contributed by atoms with Crippen molar-refractivity contribution in [2.45, 2.75) is 12.6 Å². The van der Waals surface area contributed by atoms with Crippen LogP contribution in [-0.2, 0) is 20.9 Å². The molecule has 0 radical (unpaired) electrons. The Hall–Kier alpha value is -2.25. The zero-order valence-corrected chi connectivity index (χ0v) is 16.6. The Morgan fingerprint density at radius 2 is 1.68 bits per heavy atom. The van der Waals surface area contributed by atoms with Crippen molar-refractivity contribution in [2.24, 2.45) is 0 Å². The zero-order valence-electron chi connectivity index (χ0n) is 15.8. The van der Waals surface area contributed by atoms with Crippen molar-refractivity contribution in [3.8, 4) is 0 Å². The molecule has 6 nitrogen and oxygen atoms in total. The second kappa shape index (κ2) is 8.84. The third kappa shape index (κ3) is 4.10. The SMILES string of the molecule is O=C(CSCC(=O)N1CCn2cccc2C1c1ccccc1)N1CCOCC1. The minimum atomic E-state index is -0.0759. The van der Waals surface area contributed by atoms with Crippen LogP contribution in [0.1, 0.15) is 17.3 Å². The number of fused-ring (bicyclic) bond motifs is 1. The molecule has 2 amide bonds. The van der Waals surface area contributed by atoms with Gasteiger partial charge in [0.2, 0.25) is 11.8 Å². The Morgan fingerprint density at radius 3 is 2.46 bits per heavy atom. The minimum Gasteiger partial charge on any atom is -0.378 e. The topological polar surface area (TPSA) is 54.8 Å². The predicted molar refractivity (Wildman–Crippen MR) is 109 cm³/mol. The van der Waals surface area contributed by atoms with Crippen LogP contribution in [0.15, 0.2) is 48.7 Å². The lowest BCUT2D eigenvalue weighted by atomic mass is 10.00. The van der Waals surface area contributed by atoms with E-state index in [1.165, 1.54) is 11.8 Å². The highest BCUT2D eigenvalue weighted by atomic mass is 32.2. The lowest BCUT2D eigenvalue weighted by Crippen LogP contribution is -2.44. The van der Waals surface area contributed by atoms with E-state index < -0.39 is 0 Å². The monoisotopic (exact) mass is 399 g/mol. The first-order valence-electron chi connectivity index (χ1n) is 9.67. The summed E-state index contributed by atoms with van der Waals surface area (Å²) in [6, 6.07) is 14.2. The number of carbonyl (C=O) groups excluding carboxylic acids is 2. The van der Waals surface area contributed by atoms with E-state index in [0.717, 1.165) is 17.8 Å². The molecule has 7 heteroatoms. The molecule has 4 rings (SSSR count). The fourth-order valence-corrected chi connectivity index (χ4v) is 4.65. The standard InChI is InChI=1S/C21H25N3O3S/c25-19(23-11-13-27-14-12-23)15-28-16-20(26)24-10-9-22-8-4-7-18(22)21(24)17-5-2-1-3-6-17/h1-8,21H,9-16H2. The number of ether oxygens (including phenoxy) is 1. The van der Waals surface area contributed by atoms with Gasteiger partial charge in [-0.25, -0.2) is 0 Å². The quantitative estimate of drug-likeness (QED) is 0.772. The first-order valence-corrected chi connectivity index (χ1v) is 10.8. The number of thioether (sulfide) groups is 1. The van der Waals surface area contributed by atoms with E-state index in [0.29, 0.717) is 44.4 Å². The van der Waals surface area contributed by atoms with E-state index in [-0.39, 0.29) is 17.9 Å². The minimum absolute atomic E-state index is 0.0759. The molecule has 2 aromatic rings. The number of nitrogens with zero attached hydrogens (tertiary/aromatic N) is 3. The van der Waals surface area contributed by atoms with Gasteiger partial charge in [0.25, 0.3) is 0 Å². The summed E-state index contributed by atoms with van der Waals surface area (Å²) in [5.74, 6) is 0.834. The van der Waals surface area contributed by atoms with Crippen LogP contribution < -0.4 is 0 Å². The van der Waals surface area contributed by atoms with Crippen LogP contribution in [0.5, 0.6) is 0 Å². The summed E-state index contributed by atoms with van der Waals surface area (Å²) >= 11 is 1.41. The molecule has 1 fully saturated rings. The third-order valence-electron chi connectivity index (χ3n) is 5.29. The summed E-state index contributed by atoms with van der Waals surface area (Å²) in [7, 11) is 0. The fraction of sp³-hybridized carbons (Fsp3) is 0.429. The highest BCUT2D eigenvalue weighted by molar-refractivity contribution is 8.00. The number of amides is 2. The van der Waals surface area contributed by atoms with Gasteiger partial charge in [-0.2, -0.15) is 0 Å². The largest absolute Gasteiger partial charge is 0.378 e. The zero-order chi connectivity index (χ0) is 19.3. The van der Waals surface area contributed by atoms with E-state index >= 15 is 0 Å². The maximum absolute atomic E-state index is 13.0. The Balaban J connectivity index is 1.40. The van der Waals surface area contributed by atoms with Gasteiger partial charge < -0.3 is 19.1 Å². The van der Waals surface area contributed by atoms with Gasteiger partial charge in [-0.05, 0) is 17.7 Å². The Kier molecular flexibility index (Phi) is 6.02. The molecular weight excluding hydrogens is 374 g/mol. The molecule has 0 N–H and O–H groups in total. The summed E-state index contributed by atoms with van der Waals surface area (Å²) in [5, 5.41) is 0. The molecule has 1 atom stereocenters. The molecule has 2 aliphatic heterocycles. The molecule has 0 bridgehead atoms. The second-order valence-corrected chi connectivity index (χ2v) is 8.00. The first kappa shape index (κ1) is 19.1. The highest BCUT2D eigenvalue weighted by Gasteiger charge is 2.32. The predicted octanol–water partition coefficient (Wildman–Crippen LogP) is 2.01. The Bertz CT molecular complexity index is 817. The summed E-state index contributed by atoms with van der Waals surface area (Å²) in [5.41, 5.74) is 2.25. The van der Waals surface area contributed by atoms with Crippen molar-refractivity contribution in [2.75, 3.05) is 44.4 Å². The Morgan fingerprint density at radius 1 is 0.929 bits per heavy atom. The summed E-state index contributed by atoms with van der Waals surface area (Å²) in [4.78, 5) is 29.1. The van der Waals surface area contributed by atoms with Crippen LogP contribution in [-0.4, -0.2) is 70.5 Å². The molecule has 148 valence electrons. The number of morpholine rings is 1. The van der Waals surface area contributed by atoms with Gasteiger partial charge in [-0.1, -0.05) is 30.3 Å². The number of hydrogen-bond acceptors (Lipinski definition) is 4. The number of hydrogen-bond donors (Lipinski definition) is 0. The van der Waals surface area contributed by atoms with E-state index in [4.69, 9.17) is 4.74 Å². The van der Waals surface area contributed by atoms with Gasteiger partial charge in [0.05, 0.1) is 30.8 Å². The van der Waals surface area contributed by atoms with E-state index in [2.05, 4.69) is 29.0 Å². The third-order valence-corrected chi connectivity index (χ3v) is 6.19. The van der Waals surface area contributed by atoms with Crippen LogP contribution in [0.2, 0.25) is 0 Å². The number of carbonyl (C=O) groups is 2. The molecule has 0 aliphatic carbocycles. The molecule has 0 spiro atoms. The van der Waals surface area contributed by atoms with Crippen molar-refractivity contribution in [3.05, 3.63) is 59.9 Å². The van der Waals surface area contributed by atoms with E-state index in [1.807, 2.05) is 34.1 Å². The number of rotatable bonds is 5. The first-order chi connectivity index (χ1) is 13.7. The lowest BCUT2D eigenvalue weighted by Gasteiger charge is -2.37. The van der Waals surface area contributed by atoms with Gasteiger partial charge in [0.15, 0.2) is 0 Å². The average molecular weight is 400 g/mol. The van der Waals surface area contributed by atoms with Crippen molar-refractivity contribution >= 4 is 23.6 Å². The van der Waals surface area contributed by atoms with Gasteiger partial charge in [-0.15, -0.1) is 11.8 Å². The maximum Gasteiger partial charge on any atom is 0.233 e. The fourth-order valence-electron chi connectivity index (χ4n) is 3.85. The van der Waals surface area contributed by atoms with Crippen molar-refractivity contribution in [1.82, 2.24) is 14.4 Å². The highest BCUT2D eigenvalue weighted by Crippen LogP contribution is 2.32. The van der Waals surface area contributed by atoms with Gasteiger partial charge >= 0.3 is 0 Å². The molecule has 1 aromatic heterocycles. The number of aromatic nitrogens is 1. The molecule has 2 aliphatic rings. The normalized spacial score (nSPS) is 19.4. The summed E-state index contributed by atoms with van der Waals surface area (Å²) in [6.07, 6.45) is 2.07. The molecule has 1 aromatic carbocycles. The van der Waals surface area contributed by atoms with Crippen molar-refractivity contribution in [1.29, 1.82) is 0 Å². The van der Waals surface area contributed by atoms with Crippen LogP contribution in [0.3, 0.4) is 0 Å². The van der Waals surface area contributed by atoms with E-state index in [9.17, 15) is 9.59 Å². The second-order valence-electron chi connectivity index (χ2n) is 7.01. The van der Waals surface area contributed by atoms with Crippen LogP contribution >= 0.6 is 11.8 Å². The van der Waals surface area contributed by atoms with Gasteiger partial charge in [0, 0.05) is 38.1 Å². The molecule has 1 unspecified atom stereocenters. The molecule has 1 saturated heterocycles. The van der Waals surface area contributed by atoms with Crippen molar-refractivity contribution < 1.29 is 14.3 Å². The van der Waals surface area contributed by atoms with Gasteiger partial charge in [0.1, 0.15) is 0 Å².